The molecule has 134 valence electrons. The molecule has 0 aliphatic heterocycles. The molecule has 2 N–H and O–H groups in total. The third-order valence-electron chi connectivity index (χ3n) is 4.54. The van der Waals surface area contributed by atoms with Crippen LogP contribution >= 0.6 is 11.3 Å². The lowest BCUT2D eigenvalue weighted by Crippen LogP contribution is -2.49. The average Bonchev–Trinajstić information content (AvgIpc) is 3.19. The number of nitrogens with zero attached hydrogens (tertiary/aromatic N) is 3. The monoisotopic (exact) mass is 351 g/mol. The van der Waals surface area contributed by atoms with Gasteiger partial charge in [-0.05, 0) is 19.8 Å². The summed E-state index contributed by atoms with van der Waals surface area (Å²) in [6.45, 7) is 3.49. The molecule has 1 heterocycles. The van der Waals surface area contributed by atoms with Crippen molar-refractivity contribution < 1.29 is 4.79 Å². The molecule has 1 aromatic heterocycles. The van der Waals surface area contributed by atoms with Crippen LogP contribution in [0, 0.1) is 12.3 Å². The van der Waals surface area contributed by atoms with Gasteiger partial charge in [-0.1, -0.05) is 12.8 Å². The number of aryl methyl sites for hydroxylation is 1. The molecule has 0 unspecified atom stereocenters. The number of nitrogens with one attached hydrogen (secondary N) is 2. The third-order valence-corrected chi connectivity index (χ3v) is 5.51. The Kier molecular flexibility index (Phi) is 6.60. The molecular formula is C17H29N5OS. The molecule has 0 bridgehead atoms. The summed E-state index contributed by atoms with van der Waals surface area (Å²) < 4.78 is 0. The Hall–Kier alpha value is -1.63. The van der Waals surface area contributed by atoms with Gasteiger partial charge in [0.2, 0.25) is 5.91 Å². The lowest BCUT2D eigenvalue weighted by molar-refractivity contribution is -0.138. The van der Waals surface area contributed by atoms with Crippen molar-refractivity contribution >= 4 is 23.2 Å². The molecule has 1 aromatic rings. The summed E-state index contributed by atoms with van der Waals surface area (Å²) in [5, 5.41) is 7.80. The summed E-state index contributed by atoms with van der Waals surface area (Å²) in [6, 6.07) is 0. The van der Waals surface area contributed by atoms with Crippen LogP contribution in [-0.4, -0.2) is 56.0 Å². The second-order valence-corrected chi connectivity index (χ2v) is 7.97. The van der Waals surface area contributed by atoms with E-state index >= 15 is 0 Å². The first-order valence-corrected chi connectivity index (χ1v) is 9.36. The minimum atomic E-state index is -0.284. The van der Waals surface area contributed by atoms with E-state index in [-0.39, 0.29) is 11.3 Å². The third kappa shape index (κ3) is 4.69. The SMILES string of the molecule is CN=C(NCCc1ncc(C)s1)NCC1(C(=O)N(C)C)CCCC1. The van der Waals surface area contributed by atoms with Crippen molar-refractivity contribution in [3.05, 3.63) is 16.1 Å². The maximum absolute atomic E-state index is 12.6. The second kappa shape index (κ2) is 8.46. The molecule has 1 aliphatic carbocycles. The number of hydrogen-bond donors (Lipinski definition) is 2. The fourth-order valence-corrected chi connectivity index (χ4v) is 4.06. The standard InChI is InChI=1S/C17H29N5OS/c1-13-11-20-14(24-13)7-10-19-16(18-2)21-12-17(8-5-6-9-17)15(23)22(3)4/h11H,5-10,12H2,1-4H3,(H2,18,19,21). The smallest absolute Gasteiger partial charge is 0.230 e. The predicted octanol–water partition coefficient (Wildman–Crippen LogP) is 1.81. The van der Waals surface area contributed by atoms with Crippen molar-refractivity contribution in [2.24, 2.45) is 10.4 Å². The summed E-state index contributed by atoms with van der Waals surface area (Å²) in [5.74, 6) is 0.974. The minimum absolute atomic E-state index is 0.223. The van der Waals surface area contributed by atoms with Gasteiger partial charge < -0.3 is 15.5 Å². The van der Waals surface area contributed by atoms with Crippen molar-refractivity contribution in [2.75, 3.05) is 34.2 Å². The Labute approximate surface area is 148 Å². The van der Waals surface area contributed by atoms with Crippen molar-refractivity contribution in [2.45, 2.75) is 39.0 Å². The highest BCUT2D eigenvalue weighted by Gasteiger charge is 2.42. The molecule has 0 aromatic carbocycles. The van der Waals surface area contributed by atoms with E-state index in [1.165, 1.54) is 4.88 Å². The number of aromatic nitrogens is 1. The Balaban J connectivity index is 1.84. The van der Waals surface area contributed by atoms with Crippen LogP contribution in [0.1, 0.15) is 35.6 Å². The zero-order chi connectivity index (χ0) is 17.6. The summed E-state index contributed by atoms with van der Waals surface area (Å²) in [6.07, 6.45) is 6.93. The number of hydrogen-bond acceptors (Lipinski definition) is 4. The molecule has 0 spiro atoms. The lowest BCUT2D eigenvalue weighted by atomic mass is 9.84. The van der Waals surface area contributed by atoms with Crippen molar-refractivity contribution in [1.82, 2.24) is 20.5 Å². The topological polar surface area (TPSA) is 69.6 Å². The Morgan fingerprint density at radius 3 is 2.62 bits per heavy atom. The van der Waals surface area contributed by atoms with Crippen LogP contribution in [0.4, 0.5) is 0 Å². The Morgan fingerprint density at radius 1 is 1.38 bits per heavy atom. The number of aliphatic imine (C=N–C) groups is 1. The number of thiazole rings is 1. The molecular weight excluding hydrogens is 322 g/mol. The van der Waals surface area contributed by atoms with Gasteiger partial charge in [0.05, 0.1) is 10.4 Å². The van der Waals surface area contributed by atoms with Gasteiger partial charge in [-0.3, -0.25) is 9.79 Å². The van der Waals surface area contributed by atoms with Gasteiger partial charge in [-0.2, -0.15) is 0 Å². The first kappa shape index (κ1) is 18.7. The quantitative estimate of drug-likeness (QED) is 0.606. The largest absolute Gasteiger partial charge is 0.356 e. The molecule has 1 amide bonds. The molecule has 1 saturated carbocycles. The second-order valence-electron chi connectivity index (χ2n) is 6.65. The van der Waals surface area contributed by atoms with Crippen LogP contribution in [0.2, 0.25) is 0 Å². The molecule has 24 heavy (non-hydrogen) atoms. The van der Waals surface area contributed by atoms with Crippen LogP contribution in [0.5, 0.6) is 0 Å². The molecule has 0 atom stereocenters. The van der Waals surface area contributed by atoms with Gasteiger partial charge in [0.25, 0.3) is 0 Å². The van der Waals surface area contributed by atoms with Gasteiger partial charge >= 0.3 is 0 Å². The van der Waals surface area contributed by atoms with Crippen LogP contribution in [0.3, 0.4) is 0 Å². The summed E-state index contributed by atoms with van der Waals surface area (Å²) in [7, 11) is 5.44. The van der Waals surface area contributed by atoms with Gasteiger partial charge in [0.15, 0.2) is 5.96 Å². The van der Waals surface area contributed by atoms with Gasteiger partial charge in [-0.15, -0.1) is 11.3 Å². The van der Waals surface area contributed by atoms with E-state index in [9.17, 15) is 4.79 Å². The maximum Gasteiger partial charge on any atom is 0.230 e. The van der Waals surface area contributed by atoms with Crippen LogP contribution in [0.15, 0.2) is 11.2 Å². The molecule has 0 saturated heterocycles. The Morgan fingerprint density at radius 2 is 2.08 bits per heavy atom. The van der Waals surface area contributed by atoms with Crippen molar-refractivity contribution in [3.63, 3.8) is 0 Å². The first-order valence-electron chi connectivity index (χ1n) is 8.54. The fourth-order valence-electron chi connectivity index (χ4n) is 3.27. The van der Waals surface area contributed by atoms with E-state index in [0.29, 0.717) is 6.54 Å². The van der Waals surface area contributed by atoms with Crippen LogP contribution in [-0.2, 0) is 11.2 Å². The number of amides is 1. The predicted molar refractivity (Wildman–Crippen MR) is 99.5 cm³/mol. The van der Waals surface area contributed by atoms with E-state index in [2.05, 4.69) is 27.5 Å². The summed E-state index contributed by atoms with van der Waals surface area (Å²) >= 11 is 1.73. The van der Waals surface area contributed by atoms with Crippen LogP contribution < -0.4 is 10.6 Å². The highest BCUT2D eigenvalue weighted by Crippen LogP contribution is 2.38. The van der Waals surface area contributed by atoms with E-state index in [4.69, 9.17) is 0 Å². The maximum atomic E-state index is 12.6. The van der Waals surface area contributed by atoms with Gasteiger partial charge in [0.1, 0.15) is 0 Å². The van der Waals surface area contributed by atoms with E-state index < -0.39 is 0 Å². The number of rotatable bonds is 6. The minimum Gasteiger partial charge on any atom is -0.356 e. The lowest BCUT2D eigenvalue weighted by Gasteiger charge is -2.31. The highest BCUT2D eigenvalue weighted by atomic mass is 32.1. The summed E-state index contributed by atoms with van der Waals surface area (Å²) in [5.41, 5.74) is -0.284. The molecule has 0 radical (unpaired) electrons. The first-order chi connectivity index (χ1) is 11.5. The fraction of sp³-hybridized carbons (Fsp3) is 0.706. The van der Waals surface area contributed by atoms with Gasteiger partial charge in [0, 0.05) is 51.7 Å². The number of carbonyl (C=O) groups excluding carboxylic acids is 1. The Bertz CT molecular complexity index is 575. The summed E-state index contributed by atoms with van der Waals surface area (Å²) in [4.78, 5) is 24.2. The van der Waals surface area contributed by atoms with E-state index in [1.807, 2.05) is 20.3 Å². The molecule has 1 aliphatic rings. The number of guanidine groups is 1. The van der Waals surface area contributed by atoms with E-state index in [0.717, 1.165) is 49.6 Å². The molecule has 1 fully saturated rings. The van der Waals surface area contributed by atoms with E-state index in [1.54, 1.807) is 23.3 Å². The average molecular weight is 352 g/mol. The molecule has 6 nitrogen and oxygen atoms in total. The molecule has 7 heteroatoms. The number of carbonyl (C=O) groups is 1. The zero-order valence-corrected chi connectivity index (χ0v) is 16.0. The zero-order valence-electron chi connectivity index (χ0n) is 15.2. The highest BCUT2D eigenvalue weighted by molar-refractivity contribution is 7.11. The normalized spacial score (nSPS) is 16.9. The van der Waals surface area contributed by atoms with Gasteiger partial charge in [-0.25, -0.2) is 4.98 Å². The molecule has 2 rings (SSSR count). The van der Waals surface area contributed by atoms with Crippen molar-refractivity contribution in [1.29, 1.82) is 0 Å². The van der Waals surface area contributed by atoms with Crippen molar-refractivity contribution in [3.8, 4) is 0 Å². The van der Waals surface area contributed by atoms with Crippen LogP contribution in [0.25, 0.3) is 0 Å².